The summed E-state index contributed by atoms with van der Waals surface area (Å²) in [5.41, 5.74) is 0. The first-order valence-electron chi connectivity index (χ1n) is 4.53. The fourth-order valence-corrected chi connectivity index (χ4v) is 0.905. The third kappa shape index (κ3) is 3.62. The minimum absolute atomic E-state index is 0.141. The number of hydrogen-bond donors (Lipinski definition) is 1. The van der Waals surface area contributed by atoms with Gasteiger partial charge in [-0.2, -0.15) is 0 Å². The fourth-order valence-electron chi connectivity index (χ4n) is 0.905. The molecule has 0 aliphatic carbocycles. The molecule has 14 heavy (non-hydrogen) atoms. The van der Waals surface area contributed by atoms with E-state index >= 15 is 0 Å². The van der Waals surface area contributed by atoms with Crippen LogP contribution in [0.25, 0.3) is 0 Å². The average Bonchev–Trinajstić information content (AvgIpc) is 2.21. The second-order valence-electron chi connectivity index (χ2n) is 3.04. The highest BCUT2D eigenvalue weighted by Gasteiger charge is 2.00. The van der Waals surface area contributed by atoms with Crippen LogP contribution in [0, 0.1) is 0 Å². The molecule has 1 heterocycles. The van der Waals surface area contributed by atoms with Crippen molar-refractivity contribution >= 4 is 0 Å². The van der Waals surface area contributed by atoms with E-state index in [4.69, 9.17) is 14.6 Å². The Bertz CT molecular complexity index is 261. The number of aromatic nitrogens is 1. The van der Waals surface area contributed by atoms with Crippen LogP contribution in [0.4, 0.5) is 0 Å². The van der Waals surface area contributed by atoms with Crippen molar-refractivity contribution in [1.29, 1.82) is 0 Å². The van der Waals surface area contributed by atoms with Crippen LogP contribution in [-0.2, 0) is 4.74 Å². The molecule has 0 bridgehead atoms. The summed E-state index contributed by atoms with van der Waals surface area (Å²) < 4.78 is 10.4. The van der Waals surface area contributed by atoms with Gasteiger partial charge in [0.25, 0.3) is 0 Å². The zero-order valence-electron chi connectivity index (χ0n) is 8.43. The molecule has 1 aromatic rings. The van der Waals surface area contributed by atoms with E-state index in [1.807, 2.05) is 6.92 Å². The minimum atomic E-state index is 0.141. The number of hydrogen-bond acceptors (Lipinski definition) is 4. The Morgan fingerprint density at radius 3 is 2.86 bits per heavy atom. The first kappa shape index (κ1) is 10.8. The van der Waals surface area contributed by atoms with Crippen LogP contribution < -0.4 is 4.74 Å². The Kier molecular flexibility index (Phi) is 4.19. The van der Waals surface area contributed by atoms with Crippen molar-refractivity contribution in [3.8, 4) is 11.6 Å². The van der Waals surface area contributed by atoms with Gasteiger partial charge in [-0.25, -0.2) is 4.98 Å². The maximum Gasteiger partial charge on any atom is 0.213 e. The molecule has 4 nitrogen and oxygen atoms in total. The van der Waals surface area contributed by atoms with E-state index in [1.54, 1.807) is 19.2 Å². The Labute approximate surface area is 83.5 Å². The molecule has 1 N–H and O–H groups in total. The quantitative estimate of drug-likeness (QED) is 0.778. The van der Waals surface area contributed by atoms with Crippen LogP contribution >= 0.6 is 0 Å². The fraction of sp³-hybridized carbons (Fsp3) is 0.500. The lowest BCUT2D eigenvalue weighted by Crippen LogP contribution is -2.10. The summed E-state index contributed by atoms with van der Waals surface area (Å²) in [6.45, 7) is 2.54. The maximum absolute atomic E-state index is 8.97. The second-order valence-corrected chi connectivity index (χ2v) is 3.04. The highest BCUT2D eigenvalue weighted by atomic mass is 16.5. The number of aromatic hydroxyl groups is 1. The van der Waals surface area contributed by atoms with Crippen LogP contribution in [0.3, 0.4) is 0 Å². The Hall–Kier alpha value is -1.29. The molecule has 0 spiro atoms. The van der Waals surface area contributed by atoms with Gasteiger partial charge in [0, 0.05) is 19.6 Å². The topological polar surface area (TPSA) is 51.6 Å². The van der Waals surface area contributed by atoms with Crippen LogP contribution in [0.1, 0.15) is 13.3 Å². The van der Waals surface area contributed by atoms with E-state index in [9.17, 15) is 0 Å². The average molecular weight is 197 g/mol. The van der Waals surface area contributed by atoms with E-state index < -0.39 is 0 Å². The minimum Gasteiger partial charge on any atom is -0.506 e. The third-order valence-electron chi connectivity index (χ3n) is 1.90. The van der Waals surface area contributed by atoms with Gasteiger partial charge in [-0.3, -0.25) is 0 Å². The summed E-state index contributed by atoms with van der Waals surface area (Å²) in [4.78, 5) is 3.89. The van der Waals surface area contributed by atoms with Crippen molar-refractivity contribution in [2.75, 3.05) is 13.7 Å². The predicted octanol–water partition coefficient (Wildman–Crippen LogP) is 1.59. The van der Waals surface area contributed by atoms with Crippen molar-refractivity contribution in [3.63, 3.8) is 0 Å². The van der Waals surface area contributed by atoms with Gasteiger partial charge in [-0.05, 0) is 13.0 Å². The lowest BCUT2D eigenvalue weighted by atomic mass is 10.3. The largest absolute Gasteiger partial charge is 0.506 e. The monoisotopic (exact) mass is 197 g/mol. The molecule has 0 saturated heterocycles. The van der Waals surface area contributed by atoms with Crippen LogP contribution in [0.15, 0.2) is 18.3 Å². The summed E-state index contributed by atoms with van der Waals surface area (Å²) in [6, 6.07) is 3.18. The van der Waals surface area contributed by atoms with E-state index in [0.717, 1.165) is 6.42 Å². The highest BCUT2D eigenvalue weighted by molar-refractivity contribution is 5.21. The van der Waals surface area contributed by atoms with Crippen molar-refractivity contribution in [3.05, 3.63) is 18.3 Å². The van der Waals surface area contributed by atoms with Gasteiger partial charge in [0.15, 0.2) is 0 Å². The zero-order chi connectivity index (χ0) is 10.4. The first-order chi connectivity index (χ1) is 6.72. The molecule has 0 amide bonds. The maximum atomic E-state index is 8.97. The first-order valence-corrected chi connectivity index (χ1v) is 4.53. The Balaban J connectivity index is 2.28. The molecule has 0 saturated carbocycles. The summed E-state index contributed by atoms with van der Waals surface area (Å²) >= 11 is 0. The number of rotatable bonds is 5. The predicted molar refractivity (Wildman–Crippen MR) is 52.5 cm³/mol. The summed E-state index contributed by atoms with van der Waals surface area (Å²) in [5, 5.41) is 8.97. The molecule has 4 heteroatoms. The summed E-state index contributed by atoms with van der Waals surface area (Å²) in [5.74, 6) is 0.661. The summed E-state index contributed by atoms with van der Waals surface area (Å²) in [7, 11) is 1.67. The SMILES string of the molecule is COC(C)CCOc1ccc(O)cn1. The molecule has 0 fully saturated rings. The number of ether oxygens (including phenoxy) is 2. The number of methoxy groups -OCH3 is 1. The van der Waals surface area contributed by atoms with Gasteiger partial charge >= 0.3 is 0 Å². The molecule has 1 rings (SSSR count). The number of nitrogens with zero attached hydrogens (tertiary/aromatic N) is 1. The van der Waals surface area contributed by atoms with E-state index in [2.05, 4.69) is 4.98 Å². The lowest BCUT2D eigenvalue weighted by molar-refractivity contribution is 0.0948. The molecule has 0 aliphatic rings. The lowest BCUT2D eigenvalue weighted by Gasteiger charge is -2.09. The zero-order valence-corrected chi connectivity index (χ0v) is 8.43. The van der Waals surface area contributed by atoms with Crippen molar-refractivity contribution in [2.45, 2.75) is 19.4 Å². The molecule has 1 atom stereocenters. The molecule has 1 aromatic heterocycles. The van der Waals surface area contributed by atoms with E-state index in [1.165, 1.54) is 6.20 Å². The summed E-state index contributed by atoms with van der Waals surface area (Å²) in [6.07, 6.45) is 2.36. The molecule has 78 valence electrons. The Morgan fingerprint density at radius 1 is 1.50 bits per heavy atom. The van der Waals surface area contributed by atoms with Gasteiger partial charge in [-0.1, -0.05) is 0 Å². The molecular formula is C10H15NO3. The molecule has 0 aromatic carbocycles. The van der Waals surface area contributed by atoms with Crippen LogP contribution in [-0.4, -0.2) is 29.9 Å². The van der Waals surface area contributed by atoms with Crippen molar-refractivity contribution in [1.82, 2.24) is 4.98 Å². The van der Waals surface area contributed by atoms with Crippen LogP contribution in [0.5, 0.6) is 11.6 Å². The van der Waals surface area contributed by atoms with Crippen molar-refractivity contribution < 1.29 is 14.6 Å². The van der Waals surface area contributed by atoms with E-state index in [-0.39, 0.29) is 11.9 Å². The third-order valence-corrected chi connectivity index (χ3v) is 1.90. The van der Waals surface area contributed by atoms with Gasteiger partial charge in [0.2, 0.25) is 5.88 Å². The van der Waals surface area contributed by atoms with E-state index in [0.29, 0.717) is 12.5 Å². The molecule has 0 aliphatic heterocycles. The van der Waals surface area contributed by atoms with Gasteiger partial charge in [0.05, 0.1) is 18.9 Å². The number of pyridine rings is 1. The van der Waals surface area contributed by atoms with Gasteiger partial charge in [-0.15, -0.1) is 0 Å². The standard InChI is InChI=1S/C10H15NO3/c1-8(13-2)5-6-14-10-4-3-9(12)7-11-10/h3-4,7-8,12H,5-6H2,1-2H3. The van der Waals surface area contributed by atoms with Crippen LogP contribution in [0.2, 0.25) is 0 Å². The molecule has 1 unspecified atom stereocenters. The van der Waals surface area contributed by atoms with Gasteiger partial charge < -0.3 is 14.6 Å². The normalized spacial score (nSPS) is 12.4. The Morgan fingerprint density at radius 2 is 2.29 bits per heavy atom. The molecule has 0 radical (unpaired) electrons. The van der Waals surface area contributed by atoms with Gasteiger partial charge in [0.1, 0.15) is 5.75 Å². The van der Waals surface area contributed by atoms with Crippen molar-refractivity contribution in [2.24, 2.45) is 0 Å². The molecular weight excluding hydrogens is 182 g/mol. The second kappa shape index (κ2) is 5.44. The highest BCUT2D eigenvalue weighted by Crippen LogP contribution is 2.11. The smallest absolute Gasteiger partial charge is 0.213 e.